The minimum Gasteiger partial charge on any atom is -0.487 e. The molecular formula is C24H36N4O. The number of hydrogen-bond acceptors (Lipinski definition) is 5. The third kappa shape index (κ3) is 6.26. The summed E-state index contributed by atoms with van der Waals surface area (Å²) < 4.78 is 6.05. The van der Waals surface area contributed by atoms with Crippen molar-refractivity contribution < 1.29 is 4.74 Å². The lowest BCUT2D eigenvalue weighted by atomic mass is 10.1. The van der Waals surface area contributed by atoms with Gasteiger partial charge in [-0.3, -0.25) is 9.88 Å². The van der Waals surface area contributed by atoms with E-state index < -0.39 is 0 Å². The van der Waals surface area contributed by atoms with Crippen molar-refractivity contribution in [3.05, 3.63) is 58.9 Å². The maximum absolute atomic E-state index is 6.05. The molecule has 1 aliphatic heterocycles. The largest absolute Gasteiger partial charge is 0.487 e. The third-order valence-electron chi connectivity index (χ3n) is 5.86. The molecule has 3 rings (SSSR count). The van der Waals surface area contributed by atoms with Crippen LogP contribution in [0.4, 0.5) is 0 Å². The van der Waals surface area contributed by atoms with Crippen LogP contribution in [-0.4, -0.2) is 60.1 Å². The van der Waals surface area contributed by atoms with E-state index in [9.17, 15) is 0 Å². The Morgan fingerprint density at radius 3 is 2.45 bits per heavy atom. The first kappa shape index (κ1) is 21.8. The van der Waals surface area contributed by atoms with Gasteiger partial charge >= 0.3 is 0 Å². The molecule has 1 atom stereocenters. The van der Waals surface area contributed by atoms with Crippen molar-refractivity contribution in [2.45, 2.75) is 46.9 Å². The molecule has 1 aromatic carbocycles. The van der Waals surface area contributed by atoms with Gasteiger partial charge < -0.3 is 15.0 Å². The van der Waals surface area contributed by atoms with Crippen molar-refractivity contribution in [1.29, 1.82) is 0 Å². The molecule has 158 valence electrons. The normalized spacial score (nSPS) is 16.7. The van der Waals surface area contributed by atoms with Crippen molar-refractivity contribution in [3.63, 3.8) is 0 Å². The van der Waals surface area contributed by atoms with Crippen LogP contribution in [0.15, 0.2) is 36.5 Å². The van der Waals surface area contributed by atoms with E-state index >= 15 is 0 Å². The lowest BCUT2D eigenvalue weighted by Crippen LogP contribution is -2.51. The van der Waals surface area contributed by atoms with Crippen LogP contribution in [0.1, 0.15) is 36.2 Å². The molecule has 29 heavy (non-hydrogen) atoms. The van der Waals surface area contributed by atoms with Gasteiger partial charge in [-0.05, 0) is 56.1 Å². The number of nitrogens with one attached hydrogen (secondary N) is 1. The predicted octanol–water partition coefficient (Wildman–Crippen LogP) is 3.39. The number of aryl methyl sites for hydroxylation is 2. The van der Waals surface area contributed by atoms with Gasteiger partial charge in [0.15, 0.2) is 0 Å². The first-order chi connectivity index (χ1) is 14.1. The fraction of sp³-hybridized carbons (Fsp3) is 0.542. The molecule has 0 spiro atoms. The van der Waals surface area contributed by atoms with E-state index in [1.165, 1.54) is 49.4 Å². The second kappa shape index (κ2) is 10.7. The summed E-state index contributed by atoms with van der Waals surface area (Å²) in [7, 11) is 0. The van der Waals surface area contributed by atoms with Gasteiger partial charge in [-0.25, -0.2) is 0 Å². The highest BCUT2D eigenvalue weighted by atomic mass is 16.5. The van der Waals surface area contributed by atoms with Crippen LogP contribution in [0, 0.1) is 13.8 Å². The number of nitrogens with zero attached hydrogens (tertiary/aromatic N) is 3. The molecule has 1 unspecified atom stereocenters. The number of pyridine rings is 1. The molecule has 1 saturated heterocycles. The molecule has 0 bridgehead atoms. The second-order valence-corrected chi connectivity index (χ2v) is 8.12. The van der Waals surface area contributed by atoms with E-state index in [2.05, 4.69) is 59.9 Å². The lowest BCUT2D eigenvalue weighted by Gasteiger charge is -2.37. The number of likely N-dealkylation sites (N-methyl/N-ethyl adjacent to an activating group) is 1. The minimum atomic E-state index is 0.503. The summed E-state index contributed by atoms with van der Waals surface area (Å²) in [6.07, 6.45) is 1.80. The Kier molecular flexibility index (Phi) is 8.04. The van der Waals surface area contributed by atoms with Crippen LogP contribution < -0.4 is 10.1 Å². The van der Waals surface area contributed by atoms with E-state index in [4.69, 9.17) is 4.74 Å². The zero-order chi connectivity index (χ0) is 20.6. The van der Waals surface area contributed by atoms with Gasteiger partial charge in [0.1, 0.15) is 12.4 Å². The average Bonchev–Trinajstić information content (AvgIpc) is 2.74. The summed E-state index contributed by atoms with van der Waals surface area (Å²) in [6.45, 7) is 17.2. The van der Waals surface area contributed by atoms with Gasteiger partial charge in [-0.2, -0.15) is 0 Å². The molecule has 0 saturated carbocycles. The summed E-state index contributed by atoms with van der Waals surface area (Å²) >= 11 is 0. The summed E-state index contributed by atoms with van der Waals surface area (Å²) in [5, 5.41) is 3.65. The van der Waals surface area contributed by atoms with E-state index in [0.717, 1.165) is 24.5 Å². The van der Waals surface area contributed by atoms with Crippen molar-refractivity contribution in [1.82, 2.24) is 20.1 Å². The van der Waals surface area contributed by atoms with Gasteiger partial charge in [-0.15, -0.1) is 0 Å². The molecule has 5 heteroatoms. The Morgan fingerprint density at radius 1 is 1.10 bits per heavy atom. The van der Waals surface area contributed by atoms with Crippen LogP contribution in [0.25, 0.3) is 0 Å². The van der Waals surface area contributed by atoms with Crippen LogP contribution in [0.5, 0.6) is 5.75 Å². The number of hydrogen-bond donors (Lipinski definition) is 1. The van der Waals surface area contributed by atoms with Gasteiger partial charge in [0.2, 0.25) is 0 Å². The Labute approximate surface area is 176 Å². The van der Waals surface area contributed by atoms with Gasteiger partial charge in [0, 0.05) is 51.5 Å². The predicted molar refractivity (Wildman–Crippen MR) is 119 cm³/mol. The quantitative estimate of drug-likeness (QED) is 0.704. The average molecular weight is 397 g/mol. The molecule has 2 aromatic rings. The SMILES string of the molecule is CCN1CCN(C(C)CNCc2cc(C)c(OCc3ccccn3)c(C)c2)CC1. The zero-order valence-corrected chi connectivity index (χ0v) is 18.4. The van der Waals surface area contributed by atoms with Crippen LogP contribution in [-0.2, 0) is 13.2 Å². The molecule has 0 amide bonds. The third-order valence-corrected chi connectivity index (χ3v) is 5.86. The summed E-state index contributed by atoms with van der Waals surface area (Å²) in [6, 6.07) is 10.9. The highest BCUT2D eigenvalue weighted by molar-refractivity contribution is 5.43. The smallest absolute Gasteiger partial charge is 0.130 e. The molecule has 1 fully saturated rings. The van der Waals surface area contributed by atoms with E-state index in [1.807, 2.05) is 18.2 Å². The second-order valence-electron chi connectivity index (χ2n) is 8.12. The Hall–Kier alpha value is -1.95. The van der Waals surface area contributed by atoms with E-state index in [-0.39, 0.29) is 0 Å². The van der Waals surface area contributed by atoms with Gasteiger partial charge in [0.25, 0.3) is 0 Å². The van der Waals surface area contributed by atoms with Gasteiger partial charge in [-0.1, -0.05) is 25.1 Å². The fourth-order valence-corrected chi connectivity index (χ4v) is 4.07. The van der Waals surface area contributed by atoms with Crippen molar-refractivity contribution in [3.8, 4) is 5.75 Å². The molecule has 5 nitrogen and oxygen atoms in total. The van der Waals surface area contributed by atoms with Crippen molar-refractivity contribution >= 4 is 0 Å². The monoisotopic (exact) mass is 396 g/mol. The standard InChI is InChI=1S/C24H36N4O/c1-5-27-10-12-28(13-11-27)21(4)16-25-17-22-14-19(2)24(20(3)15-22)29-18-23-8-6-7-9-26-23/h6-9,14-15,21,25H,5,10-13,16-18H2,1-4H3. The van der Waals surface area contributed by atoms with Crippen LogP contribution in [0.2, 0.25) is 0 Å². The van der Waals surface area contributed by atoms with Crippen LogP contribution >= 0.6 is 0 Å². The maximum Gasteiger partial charge on any atom is 0.130 e. The zero-order valence-electron chi connectivity index (χ0n) is 18.4. The summed E-state index contributed by atoms with van der Waals surface area (Å²) in [4.78, 5) is 9.46. The molecule has 2 heterocycles. The van der Waals surface area contributed by atoms with E-state index in [1.54, 1.807) is 6.20 Å². The Balaban J connectivity index is 1.47. The molecule has 1 aromatic heterocycles. The Morgan fingerprint density at radius 2 is 1.83 bits per heavy atom. The van der Waals surface area contributed by atoms with Gasteiger partial charge in [0.05, 0.1) is 5.69 Å². The maximum atomic E-state index is 6.05. The van der Waals surface area contributed by atoms with Crippen molar-refractivity contribution in [2.75, 3.05) is 39.3 Å². The number of aromatic nitrogens is 1. The molecule has 0 aliphatic carbocycles. The highest BCUT2D eigenvalue weighted by Gasteiger charge is 2.19. The molecule has 1 aliphatic rings. The summed E-state index contributed by atoms with van der Waals surface area (Å²) in [5.41, 5.74) is 4.63. The first-order valence-electron chi connectivity index (χ1n) is 10.9. The lowest BCUT2D eigenvalue weighted by molar-refractivity contribution is 0.105. The molecule has 0 radical (unpaired) electrons. The number of piperazine rings is 1. The topological polar surface area (TPSA) is 40.6 Å². The highest BCUT2D eigenvalue weighted by Crippen LogP contribution is 2.25. The fourth-order valence-electron chi connectivity index (χ4n) is 4.07. The molecular weight excluding hydrogens is 360 g/mol. The number of rotatable bonds is 9. The Bertz CT molecular complexity index is 734. The van der Waals surface area contributed by atoms with E-state index in [0.29, 0.717) is 12.6 Å². The minimum absolute atomic E-state index is 0.503. The van der Waals surface area contributed by atoms with Crippen molar-refractivity contribution in [2.24, 2.45) is 0 Å². The summed E-state index contributed by atoms with van der Waals surface area (Å²) in [5.74, 6) is 0.974. The number of ether oxygens (including phenoxy) is 1. The first-order valence-corrected chi connectivity index (χ1v) is 10.9. The number of benzene rings is 1. The molecule has 1 N–H and O–H groups in total. The van der Waals surface area contributed by atoms with Crippen LogP contribution in [0.3, 0.4) is 0 Å².